The summed E-state index contributed by atoms with van der Waals surface area (Å²) in [6, 6.07) is 5.80. The molecule has 1 N–H and O–H groups in total. The molecule has 5 nitrogen and oxygen atoms in total. The van der Waals surface area contributed by atoms with Gasteiger partial charge in [-0.2, -0.15) is 0 Å². The Morgan fingerprint density at radius 3 is 2.23 bits per heavy atom. The van der Waals surface area contributed by atoms with Crippen LogP contribution in [0, 0.1) is 5.41 Å². The minimum atomic E-state index is -0.0617. The molecular formula is C21H31N3O2. The second kappa shape index (κ2) is 7.68. The van der Waals surface area contributed by atoms with Gasteiger partial charge < -0.3 is 15.1 Å². The number of hydrogen-bond acceptors (Lipinski definition) is 3. The van der Waals surface area contributed by atoms with E-state index in [0.29, 0.717) is 12.1 Å². The molecule has 0 atom stereocenters. The Morgan fingerprint density at radius 2 is 1.62 bits per heavy atom. The van der Waals surface area contributed by atoms with Crippen LogP contribution < -0.4 is 10.2 Å². The normalized spacial score (nSPS) is 17.7. The minimum Gasteiger partial charge on any atom is -0.371 e. The van der Waals surface area contributed by atoms with Gasteiger partial charge in [0.25, 0.3) is 5.91 Å². The Hall–Kier alpha value is -2.04. The van der Waals surface area contributed by atoms with Crippen molar-refractivity contribution in [3.05, 3.63) is 23.8 Å². The SMILES string of the molecule is CC(C)(C)CC(=O)Nc1ccc(N2CCCC2)c(C(=O)N2CCCC2)c1. The molecule has 2 saturated heterocycles. The van der Waals surface area contributed by atoms with Gasteiger partial charge in [-0.15, -0.1) is 0 Å². The summed E-state index contributed by atoms with van der Waals surface area (Å²) >= 11 is 0. The van der Waals surface area contributed by atoms with Crippen LogP contribution in [0.4, 0.5) is 11.4 Å². The van der Waals surface area contributed by atoms with Crippen LogP contribution in [0.15, 0.2) is 18.2 Å². The summed E-state index contributed by atoms with van der Waals surface area (Å²) in [6.45, 7) is 9.80. The monoisotopic (exact) mass is 357 g/mol. The number of carbonyl (C=O) groups excluding carboxylic acids is 2. The number of nitrogens with one attached hydrogen (secondary N) is 1. The first-order valence-electron chi connectivity index (χ1n) is 9.82. The van der Waals surface area contributed by atoms with Crippen LogP contribution in [-0.4, -0.2) is 42.9 Å². The first-order valence-corrected chi connectivity index (χ1v) is 9.82. The van der Waals surface area contributed by atoms with Crippen LogP contribution in [0.3, 0.4) is 0 Å². The summed E-state index contributed by atoms with van der Waals surface area (Å²) in [5, 5.41) is 2.97. The van der Waals surface area contributed by atoms with Gasteiger partial charge >= 0.3 is 0 Å². The van der Waals surface area contributed by atoms with E-state index in [1.807, 2.05) is 43.9 Å². The fourth-order valence-electron chi connectivity index (χ4n) is 3.80. The van der Waals surface area contributed by atoms with Crippen molar-refractivity contribution in [3.8, 4) is 0 Å². The van der Waals surface area contributed by atoms with Gasteiger partial charge in [0.2, 0.25) is 5.91 Å². The summed E-state index contributed by atoms with van der Waals surface area (Å²) in [4.78, 5) is 29.6. The molecule has 26 heavy (non-hydrogen) atoms. The summed E-state index contributed by atoms with van der Waals surface area (Å²) in [7, 11) is 0. The lowest BCUT2D eigenvalue weighted by Crippen LogP contribution is -2.30. The molecule has 0 bridgehead atoms. The predicted octanol–water partition coefficient (Wildman–Crippen LogP) is 3.90. The highest BCUT2D eigenvalue weighted by atomic mass is 16.2. The zero-order chi connectivity index (χ0) is 18.7. The van der Waals surface area contributed by atoms with Crippen molar-refractivity contribution in [3.63, 3.8) is 0 Å². The molecule has 0 unspecified atom stereocenters. The third-order valence-corrected chi connectivity index (χ3v) is 5.04. The van der Waals surface area contributed by atoms with Crippen molar-refractivity contribution >= 4 is 23.2 Å². The van der Waals surface area contributed by atoms with E-state index in [4.69, 9.17) is 0 Å². The van der Waals surface area contributed by atoms with Gasteiger partial charge in [0.1, 0.15) is 0 Å². The molecule has 2 aliphatic rings. The Balaban J connectivity index is 1.84. The summed E-state index contributed by atoms with van der Waals surface area (Å²) in [6.07, 6.45) is 4.94. The molecular weight excluding hydrogens is 326 g/mol. The molecule has 142 valence electrons. The molecule has 0 radical (unpaired) electrons. The molecule has 2 amide bonds. The maximum atomic E-state index is 13.1. The van der Waals surface area contributed by atoms with Crippen molar-refractivity contribution < 1.29 is 9.59 Å². The molecule has 2 fully saturated rings. The predicted molar refractivity (Wildman–Crippen MR) is 106 cm³/mol. The summed E-state index contributed by atoms with van der Waals surface area (Å²) < 4.78 is 0. The Labute approximate surface area is 156 Å². The summed E-state index contributed by atoms with van der Waals surface area (Å²) in [5.74, 6) is 0.0855. The molecule has 1 aromatic carbocycles. The van der Waals surface area contributed by atoms with E-state index in [2.05, 4.69) is 10.2 Å². The van der Waals surface area contributed by atoms with Gasteiger partial charge in [-0.3, -0.25) is 9.59 Å². The minimum absolute atomic E-state index is 0.00834. The molecule has 0 aromatic heterocycles. The second-order valence-corrected chi connectivity index (χ2v) is 8.71. The van der Waals surface area contributed by atoms with Crippen LogP contribution in [0.25, 0.3) is 0 Å². The number of nitrogens with zero attached hydrogens (tertiary/aromatic N) is 2. The molecule has 3 rings (SSSR count). The maximum absolute atomic E-state index is 13.1. The van der Waals surface area contributed by atoms with Crippen molar-refractivity contribution in [2.24, 2.45) is 5.41 Å². The Morgan fingerprint density at radius 1 is 1.00 bits per heavy atom. The fraction of sp³-hybridized carbons (Fsp3) is 0.619. The molecule has 0 aliphatic carbocycles. The first kappa shape index (κ1) is 18.7. The average Bonchev–Trinajstić information content (AvgIpc) is 3.26. The van der Waals surface area contributed by atoms with Crippen molar-refractivity contribution in [1.82, 2.24) is 4.90 Å². The average molecular weight is 357 g/mol. The topological polar surface area (TPSA) is 52.7 Å². The number of likely N-dealkylation sites (tertiary alicyclic amines) is 1. The van der Waals surface area contributed by atoms with Crippen molar-refractivity contribution in [1.29, 1.82) is 0 Å². The lowest BCUT2D eigenvalue weighted by Gasteiger charge is -2.24. The van der Waals surface area contributed by atoms with Crippen LogP contribution in [0.5, 0.6) is 0 Å². The van der Waals surface area contributed by atoms with E-state index < -0.39 is 0 Å². The number of amides is 2. The van der Waals surface area contributed by atoms with Gasteiger partial charge in [0.15, 0.2) is 0 Å². The molecule has 5 heteroatoms. The summed E-state index contributed by atoms with van der Waals surface area (Å²) in [5.41, 5.74) is 2.38. The maximum Gasteiger partial charge on any atom is 0.256 e. The highest BCUT2D eigenvalue weighted by Crippen LogP contribution is 2.30. The standard InChI is InChI=1S/C21H31N3O2/c1-21(2,3)15-19(25)22-16-8-9-18(23-10-4-5-11-23)17(14-16)20(26)24-12-6-7-13-24/h8-9,14H,4-7,10-13,15H2,1-3H3,(H,22,25). The number of hydrogen-bond donors (Lipinski definition) is 1. The highest BCUT2D eigenvalue weighted by molar-refractivity contribution is 6.02. The third kappa shape index (κ3) is 4.57. The highest BCUT2D eigenvalue weighted by Gasteiger charge is 2.26. The van der Waals surface area contributed by atoms with E-state index >= 15 is 0 Å². The van der Waals surface area contributed by atoms with Crippen LogP contribution in [0.1, 0.15) is 63.2 Å². The lowest BCUT2D eigenvalue weighted by atomic mass is 9.92. The van der Waals surface area contributed by atoms with Gasteiger partial charge in [-0.05, 0) is 49.3 Å². The quantitative estimate of drug-likeness (QED) is 0.889. The van der Waals surface area contributed by atoms with Crippen molar-refractivity contribution in [2.45, 2.75) is 52.9 Å². The van der Waals surface area contributed by atoms with Crippen LogP contribution in [0.2, 0.25) is 0 Å². The Kier molecular flexibility index (Phi) is 5.54. The number of benzene rings is 1. The number of rotatable bonds is 4. The van der Waals surface area contributed by atoms with E-state index in [-0.39, 0.29) is 17.2 Å². The molecule has 2 aliphatic heterocycles. The fourth-order valence-corrected chi connectivity index (χ4v) is 3.80. The molecule has 0 saturated carbocycles. The van der Waals surface area contributed by atoms with Gasteiger partial charge in [-0.25, -0.2) is 0 Å². The molecule has 2 heterocycles. The van der Waals surface area contributed by atoms with E-state index in [1.165, 1.54) is 12.8 Å². The van der Waals surface area contributed by atoms with Gasteiger partial charge in [0, 0.05) is 44.0 Å². The van der Waals surface area contributed by atoms with Crippen LogP contribution >= 0.6 is 0 Å². The zero-order valence-corrected chi connectivity index (χ0v) is 16.3. The third-order valence-electron chi connectivity index (χ3n) is 5.04. The first-order chi connectivity index (χ1) is 12.3. The number of carbonyl (C=O) groups is 2. The van der Waals surface area contributed by atoms with Gasteiger partial charge in [0.05, 0.1) is 5.56 Å². The molecule has 0 spiro atoms. The molecule has 1 aromatic rings. The van der Waals surface area contributed by atoms with E-state index in [9.17, 15) is 9.59 Å². The number of anilines is 2. The van der Waals surface area contributed by atoms with Gasteiger partial charge in [-0.1, -0.05) is 20.8 Å². The second-order valence-electron chi connectivity index (χ2n) is 8.71. The largest absolute Gasteiger partial charge is 0.371 e. The van der Waals surface area contributed by atoms with Crippen molar-refractivity contribution in [2.75, 3.05) is 36.4 Å². The lowest BCUT2D eigenvalue weighted by molar-refractivity contribution is -0.117. The van der Waals surface area contributed by atoms with E-state index in [1.54, 1.807) is 0 Å². The smallest absolute Gasteiger partial charge is 0.256 e. The zero-order valence-electron chi connectivity index (χ0n) is 16.3. The Bertz CT molecular complexity index is 666. The van der Waals surface area contributed by atoms with E-state index in [0.717, 1.165) is 50.3 Å². The van der Waals surface area contributed by atoms with Crippen LogP contribution in [-0.2, 0) is 4.79 Å².